The Morgan fingerprint density at radius 3 is 2.24 bits per heavy atom. The first-order valence-electron chi connectivity index (χ1n) is 11.9. The molecule has 0 aliphatic heterocycles. The van der Waals surface area contributed by atoms with Crippen molar-refractivity contribution in [1.29, 1.82) is 0 Å². The number of hydrogen-bond acceptors (Lipinski definition) is 6. The maximum atomic E-state index is 13.6. The van der Waals surface area contributed by atoms with Crippen molar-refractivity contribution >= 4 is 17.4 Å². The molecule has 1 aromatic carbocycles. The van der Waals surface area contributed by atoms with Crippen molar-refractivity contribution in [2.75, 3.05) is 0 Å². The number of aliphatic carboxylic acids is 1. The van der Waals surface area contributed by atoms with Crippen molar-refractivity contribution in [2.24, 2.45) is 7.05 Å². The summed E-state index contributed by atoms with van der Waals surface area (Å²) in [6, 6.07) is 9.36. The van der Waals surface area contributed by atoms with E-state index in [4.69, 9.17) is 0 Å². The fourth-order valence-corrected chi connectivity index (χ4v) is 4.99. The zero-order chi connectivity index (χ0) is 28.0. The zero-order valence-corrected chi connectivity index (χ0v) is 21.9. The number of carbonyl (C=O) groups is 2. The Balaban J connectivity index is 1.76. The largest absolute Gasteiger partial charge is 0.480 e. The molecule has 0 saturated carbocycles. The number of benzene rings is 1. The molecule has 0 aliphatic carbocycles. The second-order valence-corrected chi connectivity index (χ2v) is 9.23. The van der Waals surface area contributed by atoms with Crippen molar-refractivity contribution in [3.63, 3.8) is 0 Å². The summed E-state index contributed by atoms with van der Waals surface area (Å²) in [5, 5.41) is 25.3. The molecule has 4 rings (SSSR count). The number of carboxylic acid groups (broad SMARTS) is 1. The highest BCUT2D eigenvalue weighted by Gasteiger charge is 2.33. The molecule has 3 aromatic heterocycles. The minimum Gasteiger partial charge on any atom is -0.480 e. The van der Waals surface area contributed by atoms with Crippen molar-refractivity contribution in [2.45, 2.75) is 47.1 Å². The van der Waals surface area contributed by atoms with E-state index in [1.165, 1.54) is 13.8 Å². The standard InChI is InChI=1S/C26H28N6O6/c1-14-12-20(22(33)13-21(26(35)36)30-18(5)23(32(37)38)15(2)27-30)16(3)29(14)24-17(4)28(6)31(25(24)34)19-10-8-7-9-11-19/h7-12,21H,13H2,1-6H3,(H,35,36). The van der Waals surface area contributed by atoms with E-state index < -0.39 is 29.1 Å². The van der Waals surface area contributed by atoms with Crippen LogP contribution >= 0.6 is 0 Å². The summed E-state index contributed by atoms with van der Waals surface area (Å²) >= 11 is 0. The lowest BCUT2D eigenvalue weighted by molar-refractivity contribution is -0.386. The summed E-state index contributed by atoms with van der Waals surface area (Å²) in [6.07, 6.45) is -0.471. The van der Waals surface area contributed by atoms with Gasteiger partial charge in [-0.2, -0.15) is 5.10 Å². The highest BCUT2D eigenvalue weighted by Crippen LogP contribution is 2.29. The Morgan fingerprint density at radius 2 is 1.68 bits per heavy atom. The van der Waals surface area contributed by atoms with E-state index in [9.17, 15) is 29.6 Å². The third kappa shape index (κ3) is 4.13. The summed E-state index contributed by atoms with van der Waals surface area (Å²) in [4.78, 5) is 49.9. The summed E-state index contributed by atoms with van der Waals surface area (Å²) in [6.45, 7) is 8.10. The molecule has 4 aromatic rings. The van der Waals surface area contributed by atoms with Crippen LogP contribution in [0.1, 0.15) is 51.3 Å². The van der Waals surface area contributed by atoms with Gasteiger partial charge in [-0.1, -0.05) is 18.2 Å². The summed E-state index contributed by atoms with van der Waals surface area (Å²) in [5.41, 5.74) is 2.71. The lowest BCUT2D eigenvalue weighted by atomic mass is 10.0. The molecule has 38 heavy (non-hydrogen) atoms. The van der Waals surface area contributed by atoms with E-state index >= 15 is 0 Å². The molecule has 0 bridgehead atoms. The number of rotatable bonds is 8. The molecule has 12 nitrogen and oxygen atoms in total. The third-order valence-electron chi connectivity index (χ3n) is 6.91. The van der Waals surface area contributed by atoms with Gasteiger partial charge in [0.2, 0.25) is 0 Å². The van der Waals surface area contributed by atoms with Crippen LogP contribution in [-0.4, -0.2) is 45.5 Å². The molecule has 12 heteroatoms. The number of carbonyl (C=O) groups excluding carboxylic acids is 1. The second-order valence-electron chi connectivity index (χ2n) is 9.23. The van der Waals surface area contributed by atoms with Crippen molar-refractivity contribution in [3.8, 4) is 11.4 Å². The molecule has 1 unspecified atom stereocenters. The first-order chi connectivity index (χ1) is 17.9. The number of Topliss-reactive ketones (excluding diaryl/α,β-unsaturated/α-hetero) is 1. The number of ketones is 1. The molecule has 1 N–H and O–H groups in total. The van der Waals surface area contributed by atoms with Gasteiger partial charge in [0.15, 0.2) is 11.8 Å². The monoisotopic (exact) mass is 520 g/mol. The molecule has 0 fully saturated rings. The number of nitro groups is 1. The Kier molecular flexibility index (Phi) is 6.66. The number of para-hydroxylation sites is 1. The lowest BCUT2D eigenvalue weighted by Gasteiger charge is -2.14. The second kappa shape index (κ2) is 9.61. The van der Waals surface area contributed by atoms with Crippen LogP contribution in [0.3, 0.4) is 0 Å². The Labute approximate surface area is 217 Å². The highest BCUT2D eigenvalue weighted by atomic mass is 16.6. The van der Waals surface area contributed by atoms with Crippen LogP contribution in [0, 0.1) is 44.7 Å². The number of hydrogen-bond donors (Lipinski definition) is 1. The molecule has 3 heterocycles. The average Bonchev–Trinajstić information content (AvgIpc) is 3.40. The first kappa shape index (κ1) is 26.3. The zero-order valence-electron chi connectivity index (χ0n) is 21.9. The molecule has 0 aliphatic rings. The van der Waals surface area contributed by atoms with E-state index in [0.29, 0.717) is 28.5 Å². The van der Waals surface area contributed by atoms with Crippen molar-refractivity contribution in [3.05, 3.63) is 90.9 Å². The molecule has 0 amide bonds. The van der Waals surface area contributed by atoms with Crippen molar-refractivity contribution in [1.82, 2.24) is 23.7 Å². The van der Waals surface area contributed by atoms with Gasteiger partial charge in [0.25, 0.3) is 5.56 Å². The van der Waals surface area contributed by atoms with Crippen LogP contribution in [0.5, 0.6) is 0 Å². The van der Waals surface area contributed by atoms with Gasteiger partial charge in [0.1, 0.15) is 17.1 Å². The minimum absolute atomic E-state index is 0.0551. The molecule has 198 valence electrons. The topological polar surface area (TPSA) is 147 Å². The van der Waals surface area contributed by atoms with E-state index in [1.54, 1.807) is 40.9 Å². The third-order valence-corrected chi connectivity index (χ3v) is 6.91. The molecule has 0 spiro atoms. The van der Waals surface area contributed by atoms with Crippen LogP contribution in [-0.2, 0) is 11.8 Å². The summed E-state index contributed by atoms with van der Waals surface area (Å²) in [7, 11) is 1.78. The molecule has 0 saturated heterocycles. The fraction of sp³-hybridized carbons (Fsp3) is 0.308. The Morgan fingerprint density at radius 1 is 1.05 bits per heavy atom. The maximum absolute atomic E-state index is 13.6. The maximum Gasteiger partial charge on any atom is 0.328 e. The van der Waals surface area contributed by atoms with Crippen LogP contribution in [0.2, 0.25) is 0 Å². The minimum atomic E-state index is -1.44. The quantitative estimate of drug-likeness (QED) is 0.212. The Bertz CT molecular complexity index is 1650. The van der Waals surface area contributed by atoms with Gasteiger partial charge in [-0.3, -0.25) is 24.4 Å². The van der Waals surface area contributed by atoms with Gasteiger partial charge >= 0.3 is 11.7 Å². The van der Waals surface area contributed by atoms with Gasteiger partial charge in [-0.05, 0) is 52.8 Å². The van der Waals surface area contributed by atoms with Crippen molar-refractivity contribution < 1.29 is 19.6 Å². The van der Waals surface area contributed by atoms with Crippen LogP contribution in [0.25, 0.3) is 11.4 Å². The number of carboxylic acids is 1. The lowest BCUT2D eigenvalue weighted by Crippen LogP contribution is -2.25. The number of nitrogens with zero attached hydrogens (tertiary/aromatic N) is 6. The van der Waals surface area contributed by atoms with Gasteiger partial charge in [0.05, 0.1) is 16.3 Å². The summed E-state index contributed by atoms with van der Waals surface area (Å²) in [5.74, 6) is -1.82. The molecule has 0 radical (unpaired) electrons. The van der Waals surface area contributed by atoms with Crippen LogP contribution in [0.4, 0.5) is 5.69 Å². The molecule has 1 atom stereocenters. The average molecular weight is 521 g/mol. The normalized spacial score (nSPS) is 12.1. The van der Waals surface area contributed by atoms with Gasteiger partial charge in [-0.15, -0.1) is 0 Å². The molecular formula is C26H28N6O6. The molecular weight excluding hydrogens is 492 g/mol. The van der Waals surface area contributed by atoms with E-state index in [0.717, 1.165) is 4.68 Å². The number of aromatic nitrogens is 5. The van der Waals surface area contributed by atoms with E-state index in [-0.39, 0.29) is 28.2 Å². The fourth-order valence-electron chi connectivity index (χ4n) is 4.99. The van der Waals surface area contributed by atoms with E-state index in [1.807, 2.05) is 37.3 Å². The van der Waals surface area contributed by atoms with Gasteiger partial charge in [0, 0.05) is 30.4 Å². The van der Waals surface area contributed by atoms with Crippen LogP contribution < -0.4 is 5.56 Å². The predicted molar refractivity (Wildman–Crippen MR) is 139 cm³/mol. The van der Waals surface area contributed by atoms with Crippen LogP contribution in [0.15, 0.2) is 41.2 Å². The number of aryl methyl sites for hydroxylation is 2. The smallest absolute Gasteiger partial charge is 0.328 e. The van der Waals surface area contributed by atoms with Gasteiger partial charge in [-0.25, -0.2) is 14.2 Å². The highest BCUT2D eigenvalue weighted by molar-refractivity contribution is 5.99. The predicted octanol–water partition coefficient (Wildman–Crippen LogP) is 3.51. The SMILES string of the molecule is Cc1nn(C(CC(=O)c2cc(C)n(-c3c(C)n(C)n(-c4ccccc4)c3=O)c2C)C(=O)O)c(C)c1[N+](=O)[O-]. The van der Waals surface area contributed by atoms with E-state index in [2.05, 4.69) is 5.10 Å². The van der Waals surface area contributed by atoms with Gasteiger partial charge < -0.3 is 9.67 Å². The summed E-state index contributed by atoms with van der Waals surface area (Å²) < 4.78 is 6.01. The first-order valence-corrected chi connectivity index (χ1v) is 11.9. The Hall–Kier alpha value is -4.74.